The van der Waals surface area contributed by atoms with E-state index in [1.165, 1.54) is 38.5 Å². The minimum atomic E-state index is 0.548. The van der Waals surface area contributed by atoms with Gasteiger partial charge in [0, 0.05) is 31.2 Å². The van der Waals surface area contributed by atoms with Crippen LogP contribution < -0.4 is 9.80 Å². The smallest absolute Gasteiger partial charge is 0.229 e. The molecule has 0 amide bonds. The molecule has 0 atom stereocenters. The molecule has 2 saturated heterocycles. The van der Waals surface area contributed by atoms with Gasteiger partial charge in [0.1, 0.15) is 0 Å². The molecule has 4 heterocycles. The number of rotatable bonds is 4. The predicted molar refractivity (Wildman–Crippen MR) is 116 cm³/mol. The summed E-state index contributed by atoms with van der Waals surface area (Å²) >= 11 is 6.39. The molecule has 2 fully saturated rings. The van der Waals surface area contributed by atoms with Crippen molar-refractivity contribution in [3.63, 3.8) is 0 Å². The molecule has 152 valence electrons. The minimum Gasteiger partial charge on any atom is -0.355 e. The van der Waals surface area contributed by atoms with E-state index < -0.39 is 0 Å². The number of nitrogens with zero attached hydrogens (tertiary/aromatic N) is 7. The van der Waals surface area contributed by atoms with Crippen molar-refractivity contribution in [3.8, 4) is 0 Å². The second-order valence-electron chi connectivity index (χ2n) is 7.95. The van der Waals surface area contributed by atoms with E-state index in [0.717, 1.165) is 59.7 Å². The Kier molecular flexibility index (Phi) is 5.23. The average molecular weight is 412 g/mol. The molecule has 29 heavy (non-hydrogen) atoms. The number of piperidine rings is 2. The largest absolute Gasteiger partial charge is 0.355 e. The Balaban J connectivity index is 1.59. The maximum absolute atomic E-state index is 6.39. The first-order chi connectivity index (χ1) is 14.3. The summed E-state index contributed by atoms with van der Waals surface area (Å²) in [5.74, 6) is 1.74. The fraction of sp³-hybridized carbons (Fsp3) is 0.524. The van der Waals surface area contributed by atoms with Gasteiger partial charge >= 0.3 is 0 Å². The van der Waals surface area contributed by atoms with Crippen LogP contribution in [0.1, 0.15) is 44.1 Å². The summed E-state index contributed by atoms with van der Waals surface area (Å²) in [5, 5.41) is 9.66. The highest BCUT2D eigenvalue weighted by atomic mass is 35.5. The van der Waals surface area contributed by atoms with E-state index in [1.54, 1.807) is 0 Å². The molecule has 5 rings (SSSR count). The van der Waals surface area contributed by atoms with Gasteiger partial charge in [0.05, 0.1) is 6.54 Å². The molecule has 0 unspecified atom stereocenters. The highest BCUT2D eigenvalue weighted by molar-refractivity contribution is 6.31. The third kappa shape index (κ3) is 3.75. The summed E-state index contributed by atoms with van der Waals surface area (Å²) < 4.78 is 1.86. The Morgan fingerprint density at radius 3 is 2.24 bits per heavy atom. The Labute approximate surface area is 175 Å². The summed E-state index contributed by atoms with van der Waals surface area (Å²) in [4.78, 5) is 14.6. The fourth-order valence-corrected chi connectivity index (χ4v) is 4.48. The Bertz CT molecular complexity index is 990. The normalized spacial score (nSPS) is 17.8. The van der Waals surface area contributed by atoms with Crippen LogP contribution in [0.5, 0.6) is 0 Å². The highest BCUT2D eigenvalue weighted by Gasteiger charge is 2.24. The predicted octanol–water partition coefficient (Wildman–Crippen LogP) is 3.90. The van der Waals surface area contributed by atoms with E-state index in [9.17, 15) is 0 Å². The second-order valence-corrected chi connectivity index (χ2v) is 8.36. The maximum atomic E-state index is 6.39. The summed E-state index contributed by atoms with van der Waals surface area (Å²) in [6.07, 6.45) is 7.33. The topological polar surface area (TPSA) is 63.0 Å². The van der Waals surface area contributed by atoms with E-state index in [4.69, 9.17) is 21.6 Å². The molecule has 8 heteroatoms. The fourth-order valence-electron chi connectivity index (χ4n) is 4.29. The summed E-state index contributed by atoms with van der Waals surface area (Å²) in [7, 11) is 0. The van der Waals surface area contributed by atoms with Crippen molar-refractivity contribution in [3.05, 3.63) is 34.9 Å². The molecule has 2 aliphatic heterocycles. The van der Waals surface area contributed by atoms with Crippen molar-refractivity contribution in [1.29, 1.82) is 0 Å². The maximum Gasteiger partial charge on any atom is 0.229 e. The van der Waals surface area contributed by atoms with Crippen LogP contribution in [0.3, 0.4) is 0 Å². The molecule has 0 bridgehead atoms. The first-order valence-electron chi connectivity index (χ1n) is 10.6. The van der Waals surface area contributed by atoms with Gasteiger partial charge < -0.3 is 9.80 Å². The molecule has 2 aromatic heterocycles. The van der Waals surface area contributed by atoms with Crippen LogP contribution >= 0.6 is 11.6 Å². The van der Waals surface area contributed by atoms with Crippen molar-refractivity contribution in [2.75, 3.05) is 36.0 Å². The number of hydrogen-bond acceptors (Lipinski definition) is 6. The second kappa shape index (κ2) is 8.14. The quantitative estimate of drug-likeness (QED) is 0.648. The Hall–Kier alpha value is -2.41. The monoisotopic (exact) mass is 411 g/mol. The van der Waals surface area contributed by atoms with E-state index in [2.05, 4.69) is 20.1 Å². The van der Waals surface area contributed by atoms with Crippen LogP contribution in [0.25, 0.3) is 11.2 Å². The van der Waals surface area contributed by atoms with Gasteiger partial charge in [-0.2, -0.15) is 9.97 Å². The molecule has 2 aliphatic rings. The van der Waals surface area contributed by atoms with Gasteiger partial charge in [-0.15, -0.1) is 5.10 Å². The molecular weight excluding hydrogens is 386 g/mol. The standard InChI is InChI=1S/C21H26ClN7/c22-17-10-4-3-9-16(17)15-29-20-18(25-26-29)19(27-11-5-1-6-12-27)23-21(24-20)28-13-7-2-8-14-28/h3-4,9-10H,1-2,5-8,11-15H2. The molecule has 7 nitrogen and oxygen atoms in total. The van der Waals surface area contributed by atoms with E-state index in [0.29, 0.717) is 6.54 Å². The number of fused-ring (bicyclic) bond motifs is 1. The zero-order valence-corrected chi connectivity index (χ0v) is 17.4. The molecule has 1 aromatic carbocycles. The van der Waals surface area contributed by atoms with Crippen LogP contribution in [0, 0.1) is 0 Å². The average Bonchev–Trinajstić information content (AvgIpc) is 3.19. The van der Waals surface area contributed by atoms with E-state index in [-0.39, 0.29) is 0 Å². The number of benzene rings is 1. The Morgan fingerprint density at radius 2 is 1.52 bits per heavy atom. The highest BCUT2D eigenvalue weighted by Crippen LogP contribution is 2.29. The lowest BCUT2D eigenvalue weighted by Crippen LogP contribution is -2.34. The number of aromatic nitrogens is 5. The van der Waals surface area contributed by atoms with Crippen LogP contribution in [0.4, 0.5) is 11.8 Å². The third-order valence-corrected chi connectivity index (χ3v) is 6.27. The van der Waals surface area contributed by atoms with Gasteiger partial charge in [-0.25, -0.2) is 4.68 Å². The third-order valence-electron chi connectivity index (χ3n) is 5.91. The lowest BCUT2D eigenvalue weighted by Gasteiger charge is -2.30. The van der Waals surface area contributed by atoms with Gasteiger partial charge in [0.15, 0.2) is 17.0 Å². The summed E-state index contributed by atoms with van der Waals surface area (Å²) in [6, 6.07) is 7.86. The molecule has 0 aliphatic carbocycles. The van der Waals surface area contributed by atoms with Gasteiger partial charge in [-0.05, 0) is 50.2 Å². The lowest BCUT2D eigenvalue weighted by molar-refractivity contribution is 0.562. The summed E-state index contributed by atoms with van der Waals surface area (Å²) in [5.41, 5.74) is 2.60. The van der Waals surface area contributed by atoms with Crippen molar-refractivity contribution < 1.29 is 0 Å². The zero-order valence-electron chi connectivity index (χ0n) is 16.6. The van der Waals surface area contributed by atoms with Crippen LogP contribution in [-0.4, -0.2) is 51.1 Å². The van der Waals surface area contributed by atoms with Crippen LogP contribution in [0.15, 0.2) is 24.3 Å². The SMILES string of the molecule is Clc1ccccc1Cn1nnc2c(N3CCCCC3)nc(N3CCCCC3)nc21. The zero-order chi connectivity index (χ0) is 19.6. The number of hydrogen-bond donors (Lipinski definition) is 0. The van der Waals surface area contributed by atoms with Crippen molar-refractivity contribution >= 4 is 34.5 Å². The van der Waals surface area contributed by atoms with Crippen molar-refractivity contribution in [2.45, 2.75) is 45.1 Å². The van der Waals surface area contributed by atoms with E-state index in [1.807, 2.05) is 28.9 Å². The number of anilines is 2. The lowest BCUT2D eigenvalue weighted by atomic mass is 10.1. The Morgan fingerprint density at radius 1 is 0.828 bits per heavy atom. The molecule has 0 saturated carbocycles. The van der Waals surface area contributed by atoms with Gasteiger partial charge in [0.25, 0.3) is 0 Å². The van der Waals surface area contributed by atoms with Gasteiger partial charge in [-0.1, -0.05) is 35.0 Å². The summed E-state index contributed by atoms with van der Waals surface area (Å²) in [6.45, 7) is 4.60. The molecule has 0 radical (unpaired) electrons. The minimum absolute atomic E-state index is 0.548. The first-order valence-corrected chi connectivity index (χ1v) is 11.0. The molecule has 0 N–H and O–H groups in total. The van der Waals surface area contributed by atoms with Gasteiger partial charge in [0.2, 0.25) is 5.95 Å². The molecule has 3 aromatic rings. The van der Waals surface area contributed by atoms with Crippen molar-refractivity contribution in [2.24, 2.45) is 0 Å². The first kappa shape index (κ1) is 18.6. The van der Waals surface area contributed by atoms with E-state index >= 15 is 0 Å². The van der Waals surface area contributed by atoms with Crippen LogP contribution in [0.2, 0.25) is 5.02 Å². The number of halogens is 1. The van der Waals surface area contributed by atoms with Crippen LogP contribution in [-0.2, 0) is 6.54 Å². The molecule has 0 spiro atoms. The van der Waals surface area contributed by atoms with Crippen molar-refractivity contribution in [1.82, 2.24) is 25.0 Å². The van der Waals surface area contributed by atoms with Gasteiger partial charge in [-0.3, -0.25) is 0 Å². The molecular formula is C21H26ClN7.